The highest BCUT2D eigenvalue weighted by molar-refractivity contribution is 6.01. The summed E-state index contributed by atoms with van der Waals surface area (Å²) in [5, 5.41) is 2.52. The van der Waals surface area contributed by atoms with Gasteiger partial charge in [0.05, 0.1) is 10.8 Å². The second-order valence-corrected chi connectivity index (χ2v) is 14.7. The maximum Gasteiger partial charge on any atom is 0.132 e. The highest BCUT2D eigenvalue weighted by Gasteiger charge is 2.49. The van der Waals surface area contributed by atoms with Crippen molar-refractivity contribution in [2.75, 3.05) is 0 Å². The molecule has 0 bridgehead atoms. The molecule has 9 aromatic rings. The molecular weight excluding hydrogens is 665 g/mol. The third kappa shape index (κ3) is 4.41. The summed E-state index contributed by atoms with van der Waals surface area (Å²) in [6.45, 7) is 0. The molecule has 0 radical (unpaired) electrons. The van der Waals surface area contributed by atoms with Crippen molar-refractivity contribution >= 4 is 10.8 Å². The van der Waals surface area contributed by atoms with Gasteiger partial charge in [-0.2, -0.15) is 0 Å². The molecule has 0 spiro atoms. The van der Waals surface area contributed by atoms with Crippen molar-refractivity contribution in [3.8, 4) is 33.8 Å². The molecule has 55 heavy (non-hydrogen) atoms. The zero-order valence-corrected chi connectivity index (χ0v) is 30.2. The molecule has 0 fully saturated rings. The van der Waals surface area contributed by atoms with Gasteiger partial charge in [0.1, 0.15) is 11.5 Å². The standard InChI is InChI=1S/C54H36O/c1-4-19-39(20-5-1)53(40-21-6-2-7-22-40)48-30-16-17-31-50(48)55-51-35-33-38(36-49(51)53)42-25-12-14-28-46(42)54(41-23-8-3-9-24-41)47-29-15-13-27-44(47)45-34-32-37-18-10-11-26-43(37)52(45)54/h1-36H. The number of benzene rings is 9. The van der Waals surface area contributed by atoms with Crippen LogP contribution in [-0.4, -0.2) is 0 Å². The van der Waals surface area contributed by atoms with E-state index >= 15 is 0 Å². The van der Waals surface area contributed by atoms with Crippen molar-refractivity contribution in [3.05, 3.63) is 263 Å². The van der Waals surface area contributed by atoms with Gasteiger partial charge < -0.3 is 4.74 Å². The molecule has 1 nitrogen and oxygen atoms in total. The first-order chi connectivity index (χ1) is 27.3. The summed E-state index contributed by atoms with van der Waals surface area (Å²) >= 11 is 0. The van der Waals surface area contributed by atoms with Crippen molar-refractivity contribution in [1.82, 2.24) is 0 Å². The quantitative estimate of drug-likeness (QED) is 0.174. The molecule has 0 saturated carbocycles. The smallest absolute Gasteiger partial charge is 0.132 e. The van der Waals surface area contributed by atoms with Crippen LogP contribution in [0.3, 0.4) is 0 Å². The molecule has 2 aliphatic rings. The molecule has 1 unspecified atom stereocenters. The van der Waals surface area contributed by atoms with Gasteiger partial charge in [0.15, 0.2) is 0 Å². The van der Waals surface area contributed by atoms with Crippen LogP contribution in [0.25, 0.3) is 33.0 Å². The van der Waals surface area contributed by atoms with Crippen molar-refractivity contribution in [2.24, 2.45) is 0 Å². The molecule has 0 saturated heterocycles. The largest absolute Gasteiger partial charge is 0.457 e. The van der Waals surface area contributed by atoms with E-state index in [1.54, 1.807) is 0 Å². The Bertz CT molecular complexity index is 2850. The third-order valence-corrected chi connectivity index (χ3v) is 12.1. The average Bonchev–Trinajstić information content (AvgIpc) is 3.58. The molecule has 0 aromatic heterocycles. The molecule has 11 rings (SSSR count). The molecule has 0 N–H and O–H groups in total. The van der Waals surface area contributed by atoms with Gasteiger partial charge in [-0.1, -0.05) is 200 Å². The highest BCUT2D eigenvalue weighted by Crippen LogP contribution is 2.60. The molecule has 258 valence electrons. The predicted octanol–water partition coefficient (Wildman–Crippen LogP) is 13.4. The SMILES string of the molecule is c1ccc(C2(c3ccccc3)c3ccccc3Oc3ccc(-c4ccccc4C4(c5ccccc5)c5ccccc5-c5ccc6ccccc6c54)cc32)cc1. The number of hydrogen-bond donors (Lipinski definition) is 0. The Labute approximate surface area is 321 Å². The van der Waals surface area contributed by atoms with E-state index < -0.39 is 10.8 Å². The molecule has 9 aromatic carbocycles. The van der Waals surface area contributed by atoms with Crippen LogP contribution in [0.1, 0.15) is 44.5 Å². The summed E-state index contributed by atoms with van der Waals surface area (Å²) in [5.74, 6) is 1.75. The van der Waals surface area contributed by atoms with E-state index in [2.05, 4.69) is 218 Å². The summed E-state index contributed by atoms with van der Waals surface area (Å²) in [7, 11) is 0. The Morgan fingerprint density at radius 1 is 0.309 bits per heavy atom. The van der Waals surface area contributed by atoms with Crippen LogP contribution in [0.2, 0.25) is 0 Å². The Morgan fingerprint density at radius 2 is 0.818 bits per heavy atom. The monoisotopic (exact) mass is 700 g/mol. The molecule has 1 heterocycles. The van der Waals surface area contributed by atoms with E-state index in [1.807, 2.05) is 0 Å². The van der Waals surface area contributed by atoms with Gasteiger partial charge in [0.2, 0.25) is 0 Å². The van der Waals surface area contributed by atoms with E-state index in [0.29, 0.717) is 0 Å². The number of fused-ring (bicyclic) bond motifs is 7. The van der Waals surface area contributed by atoms with E-state index in [1.165, 1.54) is 60.8 Å². The lowest BCUT2D eigenvalue weighted by Crippen LogP contribution is -2.34. The lowest BCUT2D eigenvalue weighted by atomic mass is 9.62. The number of para-hydroxylation sites is 1. The zero-order chi connectivity index (χ0) is 36.4. The molecule has 1 aliphatic heterocycles. The summed E-state index contributed by atoms with van der Waals surface area (Å²) in [4.78, 5) is 0. The maximum atomic E-state index is 6.83. The summed E-state index contributed by atoms with van der Waals surface area (Å²) in [6, 6.07) is 80.0. The Balaban J connectivity index is 1.25. The first-order valence-electron chi connectivity index (χ1n) is 19.1. The van der Waals surface area contributed by atoms with Crippen LogP contribution in [0.5, 0.6) is 11.5 Å². The minimum absolute atomic E-state index is 0.584. The van der Waals surface area contributed by atoms with Crippen molar-refractivity contribution < 1.29 is 4.74 Å². The molecule has 1 aliphatic carbocycles. The van der Waals surface area contributed by atoms with Gasteiger partial charge in [-0.3, -0.25) is 0 Å². The average molecular weight is 701 g/mol. The van der Waals surface area contributed by atoms with Crippen molar-refractivity contribution in [3.63, 3.8) is 0 Å². The van der Waals surface area contributed by atoms with Crippen LogP contribution in [-0.2, 0) is 10.8 Å². The summed E-state index contributed by atoms with van der Waals surface area (Å²) in [6.07, 6.45) is 0. The molecule has 1 atom stereocenters. The number of ether oxygens (including phenoxy) is 1. The first-order valence-corrected chi connectivity index (χ1v) is 19.1. The summed E-state index contributed by atoms with van der Waals surface area (Å²) < 4.78 is 6.83. The van der Waals surface area contributed by atoms with E-state index in [4.69, 9.17) is 4.74 Å². The van der Waals surface area contributed by atoms with Crippen LogP contribution < -0.4 is 4.74 Å². The van der Waals surface area contributed by atoms with Crippen LogP contribution in [0.15, 0.2) is 218 Å². The summed E-state index contributed by atoms with van der Waals surface area (Å²) in [5.41, 5.74) is 13.5. The normalized spacial score (nSPS) is 16.0. The van der Waals surface area contributed by atoms with Crippen LogP contribution >= 0.6 is 0 Å². The minimum atomic E-state index is -0.614. The highest BCUT2D eigenvalue weighted by atomic mass is 16.5. The van der Waals surface area contributed by atoms with Gasteiger partial charge in [-0.25, -0.2) is 0 Å². The van der Waals surface area contributed by atoms with Gasteiger partial charge in [0, 0.05) is 11.1 Å². The fraction of sp³-hybridized carbons (Fsp3) is 0.0370. The van der Waals surface area contributed by atoms with E-state index in [0.717, 1.165) is 28.2 Å². The first kappa shape index (κ1) is 31.6. The Kier molecular flexibility index (Phi) is 7.06. The third-order valence-electron chi connectivity index (χ3n) is 12.1. The maximum absolute atomic E-state index is 6.83. The zero-order valence-electron chi connectivity index (χ0n) is 30.2. The van der Waals surface area contributed by atoms with Gasteiger partial charge >= 0.3 is 0 Å². The topological polar surface area (TPSA) is 9.23 Å². The molecule has 1 heteroatoms. The van der Waals surface area contributed by atoms with E-state index in [-0.39, 0.29) is 0 Å². The number of hydrogen-bond acceptors (Lipinski definition) is 1. The number of rotatable bonds is 5. The Morgan fingerprint density at radius 3 is 1.51 bits per heavy atom. The molecule has 0 amide bonds. The second-order valence-electron chi connectivity index (χ2n) is 14.7. The van der Waals surface area contributed by atoms with Crippen LogP contribution in [0.4, 0.5) is 0 Å². The molecular formula is C54H36O. The predicted molar refractivity (Wildman–Crippen MR) is 225 cm³/mol. The second kappa shape index (κ2) is 12.3. The lowest BCUT2D eigenvalue weighted by Gasteiger charge is -2.42. The van der Waals surface area contributed by atoms with Crippen molar-refractivity contribution in [2.45, 2.75) is 10.8 Å². The van der Waals surface area contributed by atoms with Crippen LogP contribution in [0, 0.1) is 0 Å². The lowest BCUT2D eigenvalue weighted by molar-refractivity contribution is 0.434. The minimum Gasteiger partial charge on any atom is -0.457 e. The van der Waals surface area contributed by atoms with Gasteiger partial charge in [0.25, 0.3) is 0 Å². The van der Waals surface area contributed by atoms with Gasteiger partial charge in [-0.15, -0.1) is 0 Å². The fourth-order valence-electron chi connectivity index (χ4n) is 9.94. The van der Waals surface area contributed by atoms with E-state index in [9.17, 15) is 0 Å². The fourth-order valence-corrected chi connectivity index (χ4v) is 9.94. The van der Waals surface area contributed by atoms with Gasteiger partial charge in [-0.05, 0) is 84.6 Å². The van der Waals surface area contributed by atoms with Crippen molar-refractivity contribution in [1.29, 1.82) is 0 Å². The Hall–Kier alpha value is -6.96.